The van der Waals surface area contributed by atoms with Crippen LogP contribution in [0.2, 0.25) is 10.0 Å². The topological polar surface area (TPSA) is 50.9 Å². The Balaban J connectivity index is 2.38. The third-order valence-corrected chi connectivity index (χ3v) is 4.08. The molecule has 0 fully saturated rings. The number of benzene rings is 1. The van der Waals surface area contributed by atoms with Crippen LogP contribution in [0.1, 0.15) is 21.5 Å². The molecule has 2 rings (SSSR count). The number of hydrogen-bond donors (Lipinski definition) is 2. The third kappa shape index (κ3) is 2.78. The molecule has 0 amide bonds. The molecule has 1 unspecified atom stereocenters. The summed E-state index contributed by atoms with van der Waals surface area (Å²) >= 11 is 13.5. The zero-order valence-corrected chi connectivity index (χ0v) is 11.4. The summed E-state index contributed by atoms with van der Waals surface area (Å²) in [5.41, 5.74) is 3.73. The zero-order valence-electron chi connectivity index (χ0n) is 9.08. The van der Waals surface area contributed by atoms with Gasteiger partial charge in [0.2, 0.25) is 0 Å². The minimum atomic E-state index is -0.115. The van der Waals surface area contributed by atoms with Gasteiger partial charge in [-0.05, 0) is 24.6 Å². The SMILES string of the molecule is Cc1ncc(C(NN)c2ccc(Cl)c(Cl)c2)s1. The average Bonchev–Trinajstić information content (AvgIpc) is 2.71. The average molecular weight is 288 g/mol. The molecule has 1 aromatic heterocycles. The van der Waals surface area contributed by atoms with E-state index in [1.165, 1.54) is 0 Å². The highest BCUT2D eigenvalue weighted by Crippen LogP contribution is 2.30. The number of aryl methyl sites for hydroxylation is 1. The minimum absolute atomic E-state index is 0.115. The van der Waals surface area contributed by atoms with Gasteiger partial charge < -0.3 is 0 Å². The number of hydrogen-bond acceptors (Lipinski definition) is 4. The molecule has 2 aromatic rings. The van der Waals surface area contributed by atoms with Crippen LogP contribution in [-0.4, -0.2) is 4.98 Å². The predicted molar refractivity (Wildman–Crippen MR) is 72.5 cm³/mol. The van der Waals surface area contributed by atoms with Crippen molar-refractivity contribution < 1.29 is 0 Å². The van der Waals surface area contributed by atoms with Crippen molar-refractivity contribution in [3.8, 4) is 0 Å². The van der Waals surface area contributed by atoms with Crippen LogP contribution in [0.3, 0.4) is 0 Å². The zero-order chi connectivity index (χ0) is 12.4. The highest BCUT2D eigenvalue weighted by molar-refractivity contribution is 7.11. The fourth-order valence-corrected chi connectivity index (χ4v) is 2.73. The summed E-state index contributed by atoms with van der Waals surface area (Å²) in [5.74, 6) is 5.59. The molecule has 3 N–H and O–H groups in total. The number of nitrogens with zero attached hydrogens (tertiary/aromatic N) is 1. The monoisotopic (exact) mass is 287 g/mol. The Hall–Kier alpha value is -0.650. The van der Waals surface area contributed by atoms with Crippen LogP contribution in [0, 0.1) is 6.92 Å². The van der Waals surface area contributed by atoms with Gasteiger partial charge in [0.05, 0.1) is 21.1 Å². The second-order valence-corrected chi connectivity index (χ2v) is 5.64. The summed E-state index contributed by atoms with van der Waals surface area (Å²) in [5, 5.41) is 2.05. The maximum absolute atomic E-state index is 5.99. The molecule has 0 radical (unpaired) electrons. The molecule has 3 nitrogen and oxygen atoms in total. The van der Waals surface area contributed by atoms with Gasteiger partial charge in [-0.1, -0.05) is 29.3 Å². The molecule has 6 heteroatoms. The van der Waals surface area contributed by atoms with Crippen LogP contribution in [0.15, 0.2) is 24.4 Å². The Morgan fingerprint density at radius 1 is 1.35 bits per heavy atom. The van der Waals surface area contributed by atoms with Gasteiger partial charge >= 0.3 is 0 Å². The molecule has 0 aliphatic carbocycles. The lowest BCUT2D eigenvalue weighted by atomic mass is 10.1. The molecule has 1 aromatic carbocycles. The van der Waals surface area contributed by atoms with Gasteiger partial charge in [-0.2, -0.15) is 0 Å². The van der Waals surface area contributed by atoms with E-state index >= 15 is 0 Å². The van der Waals surface area contributed by atoms with E-state index in [0.29, 0.717) is 10.0 Å². The Bertz CT molecular complexity index is 527. The van der Waals surface area contributed by atoms with E-state index in [-0.39, 0.29) is 6.04 Å². The maximum atomic E-state index is 5.99. The third-order valence-electron chi connectivity index (χ3n) is 2.37. The van der Waals surface area contributed by atoms with Crippen molar-refractivity contribution in [1.29, 1.82) is 0 Å². The quantitative estimate of drug-likeness (QED) is 0.673. The number of aromatic nitrogens is 1. The van der Waals surface area contributed by atoms with Crippen molar-refractivity contribution in [3.05, 3.63) is 49.9 Å². The van der Waals surface area contributed by atoms with E-state index in [9.17, 15) is 0 Å². The Morgan fingerprint density at radius 3 is 2.65 bits per heavy atom. The van der Waals surface area contributed by atoms with Crippen molar-refractivity contribution in [2.45, 2.75) is 13.0 Å². The fraction of sp³-hybridized carbons (Fsp3) is 0.182. The van der Waals surface area contributed by atoms with Crippen LogP contribution in [-0.2, 0) is 0 Å². The smallest absolute Gasteiger partial charge is 0.0897 e. The first-order chi connectivity index (χ1) is 8.11. The van der Waals surface area contributed by atoms with Crippen LogP contribution in [0.4, 0.5) is 0 Å². The van der Waals surface area contributed by atoms with E-state index in [4.69, 9.17) is 29.0 Å². The lowest BCUT2D eigenvalue weighted by Crippen LogP contribution is -2.28. The van der Waals surface area contributed by atoms with Crippen molar-refractivity contribution in [2.75, 3.05) is 0 Å². The molecule has 0 aliphatic rings. The molecule has 0 bridgehead atoms. The Kier molecular flexibility index (Phi) is 4.01. The molecular formula is C11H11Cl2N3S. The standard InChI is InChI=1S/C11H11Cl2N3S/c1-6-15-5-10(17-6)11(16-14)7-2-3-8(12)9(13)4-7/h2-5,11,16H,14H2,1H3. The summed E-state index contributed by atoms with van der Waals surface area (Å²) < 4.78 is 0. The first kappa shape index (κ1) is 12.8. The van der Waals surface area contributed by atoms with Crippen LogP contribution in [0.5, 0.6) is 0 Å². The molecule has 0 saturated carbocycles. The lowest BCUT2D eigenvalue weighted by molar-refractivity contribution is 0.645. The normalized spacial score (nSPS) is 12.7. The van der Waals surface area contributed by atoms with Gasteiger partial charge in [0.25, 0.3) is 0 Å². The lowest BCUT2D eigenvalue weighted by Gasteiger charge is -2.14. The molecule has 0 aliphatic heterocycles. The largest absolute Gasteiger partial charge is 0.271 e. The number of thiazole rings is 1. The number of halogens is 2. The van der Waals surface area contributed by atoms with Crippen LogP contribution in [0.25, 0.3) is 0 Å². The Labute approximate surface area is 114 Å². The first-order valence-electron chi connectivity index (χ1n) is 4.95. The van der Waals surface area contributed by atoms with Crippen LogP contribution < -0.4 is 11.3 Å². The van der Waals surface area contributed by atoms with Crippen molar-refractivity contribution in [2.24, 2.45) is 5.84 Å². The van der Waals surface area contributed by atoms with Crippen molar-refractivity contribution in [1.82, 2.24) is 10.4 Å². The van der Waals surface area contributed by atoms with E-state index in [1.54, 1.807) is 17.4 Å². The van der Waals surface area contributed by atoms with Crippen molar-refractivity contribution >= 4 is 34.5 Å². The molecule has 90 valence electrons. The van der Waals surface area contributed by atoms with Crippen molar-refractivity contribution in [3.63, 3.8) is 0 Å². The van der Waals surface area contributed by atoms with Gasteiger partial charge in [0.15, 0.2) is 0 Å². The molecule has 17 heavy (non-hydrogen) atoms. The van der Waals surface area contributed by atoms with E-state index in [0.717, 1.165) is 15.4 Å². The van der Waals surface area contributed by atoms with E-state index in [2.05, 4.69) is 10.4 Å². The minimum Gasteiger partial charge on any atom is -0.271 e. The molecule has 1 heterocycles. The number of hydrazine groups is 1. The van der Waals surface area contributed by atoms with Gasteiger partial charge in [-0.25, -0.2) is 10.4 Å². The summed E-state index contributed by atoms with van der Waals surface area (Å²) in [6.07, 6.45) is 1.81. The second kappa shape index (κ2) is 5.33. The van der Waals surface area contributed by atoms with Crippen LogP contribution >= 0.6 is 34.5 Å². The fourth-order valence-electron chi connectivity index (χ4n) is 1.55. The first-order valence-corrected chi connectivity index (χ1v) is 6.52. The summed E-state index contributed by atoms with van der Waals surface area (Å²) in [7, 11) is 0. The second-order valence-electron chi connectivity index (χ2n) is 3.55. The summed E-state index contributed by atoms with van der Waals surface area (Å²) in [4.78, 5) is 5.26. The summed E-state index contributed by atoms with van der Waals surface area (Å²) in [6, 6.07) is 5.35. The molecule has 0 saturated heterocycles. The Morgan fingerprint density at radius 2 is 2.12 bits per heavy atom. The molecule has 1 atom stereocenters. The van der Waals surface area contributed by atoms with Gasteiger partial charge in [-0.15, -0.1) is 11.3 Å². The van der Waals surface area contributed by atoms with Gasteiger partial charge in [-0.3, -0.25) is 5.84 Å². The number of nitrogens with two attached hydrogens (primary N) is 1. The summed E-state index contributed by atoms with van der Waals surface area (Å²) in [6.45, 7) is 1.95. The van der Waals surface area contributed by atoms with Gasteiger partial charge in [0.1, 0.15) is 0 Å². The van der Waals surface area contributed by atoms with E-state index < -0.39 is 0 Å². The molecule has 0 spiro atoms. The number of nitrogens with one attached hydrogen (secondary N) is 1. The highest BCUT2D eigenvalue weighted by atomic mass is 35.5. The predicted octanol–water partition coefficient (Wildman–Crippen LogP) is 3.31. The highest BCUT2D eigenvalue weighted by Gasteiger charge is 2.15. The number of rotatable bonds is 3. The van der Waals surface area contributed by atoms with Gasteiger partial charge in [0, 0.05) is 11.1 Å². The van der Waals surface area contributed by atoms with E-state index in [1.807, 2.05) is 25.3 Å². The maximum Gasteiger partial charge on any atom is 0.0897 e. The molecular weight excluding hydrogens is 277 g/mol.